The second-order valence-electron chi connectivity index (χ2n) is 3.91. The first kappa shape index (κ1) is 14.2. The van der Waals surface area contributed by atoms with Gasteiger partial charge in [0.25, 0.3) is 5.91 Å². The van der Waals surface area contributed by atoms with E-state index in [0.29, 0.717) is 29.5 Å². The van der Waals surface area contributed by atoms with Gasteiger partial charge in [0, 0.05) is 18.7 Å². The standard InChI is InChI=1S/C13H12ClFN4O/c14-11-7-16-8-19-12(11)17-5-6-18-13(20)9-1-3-10(15)4-2-9/h1-4,7-8H,5-6H2,(H,18,20)(H,16,17,19). The Morgan fingerprint density at radius 3 is 2.70 bits per heavy atom. The van der Waals surface area contributed by atoms with Gasteiger partial charge in [-0.05, 0) is 24.3 Å². The van der Waals surface area contributed by atoms with Crippen LogP contribution in [0.15, 0.2) is 36.8 Å². The summed E-state index contributed by atoms with van der Waals surface area (Å²) < 4.78 is 12.7. The molecule has 2 rings (SSSR count). The number of halogens is 2. The Morgan fingerprint density at radius 1 is 1.25 bits per heavy atom. The Hall–Kier alpha value is -2.21. The largest absolute Gasteiger partial charge is 0.367 e. The maximum atomic E-state index is 12.7. The number of hydrogen-bond acceptors (Lipinski definition) is 4. The van der Waals surface area contributed by atoms with Gasteiger partial charge < -0.3 is 10.6 Å². The molecule has 2 N–H and O–H groups in total. The van der Waals surface area contributed by atoms with Crippen LogP contribution in [-0.4, -0.2) is 29.0 Å². The lowest BCUT2D eigenvalue weighted by Gasteiger charge is -2.08. The van der Waals surface area contributed by atoms with Crippen molar-refractivity contribution < 1.29 is 9.18 Å². The second-order valence-corrected chi connectivity index (χ2v) is 4.32. The number of nitrogens with zero attached hydrogens (tertiary/aromatic N) is 2. The molecule has 7 heteroatoms. The molecule has 5 nitrogen and oxygen atoms in total. The maximum absolute atomic E-state index is 12.7. The number of rotatable bonds is 5. The number of aromatic nitrogens is 2. The molecule has 0 atom stereocenters. The van der Waals surface area contributed by atoms with E-state index >= 15 is 0 Å². The van der Waals surface area contributed by atoms with Crippen molar-refractivity contribution in [3.05, 3.63) is 53.2 Å². The van der Waals surface area contributed by atoms with Gasteiger partial charge in [0.15, 0.2) is 0 Å². The zero-order chi connectivity index (χ0) is 14.4. The van der Waals surface area contributed by atoms with Gasteiger partial charge >= 0.3 is 0 Å². The van der Waals surface area contributed by atoms with E-state index in [1.165, 1.54) is 36.8 Å². The highest BCUT2D eigenvalue weighted by atomic mass is 35.5. The molecule has 0 saturated carbocycles. The fourth-order valence-electron chi connectivity index (χ4n) is 1.50. The lowest BCUT2D eigenvalue weighted by Crippen LogP contribution is -2.28. The highest BCUT2D eigenvalue weighted by Crippen LogP contribution is 2.15. The third-order valence-electron chi connectivity index (χ3n) is 2.48. The SMILES string of the molecule is O=C(NCCNc1ncncc1Cl)c1ccc(F)cc1. The van der Waals surface area contributed by atoms with Crippen molar-refractivity contribution in [2.24, 2.45) is 0 Å². The van der Waals surface area contributed by atoms with Crippen molar-refractivity contribution in [1.29, 1.82) is 0 Å². The average Bonchev–Trinajstić information content (AvgIpc) is 2.46. The van der Waals surface area contributed by atoms with E-state index in [-0.39, 0.29) is 11.7 Å². The van der Waals surface area contributed by atoms with Crippen LogP contribution >= 0.6 is 11.6 Å². The molecule has 20 heavy (non-hydrogen) atoms. The molecule has 0 spiro atoms. The van der Waals surface area contributed by atoms with Crippen LogP contribution in [0.25, 0.3) is 0 Å². The van der Waals surface area contributed by atoms with E-state index in [4.69, 9.17) is 11.6 Å². The lowest BCUT2D eigenvalue weighted by atomic mass is 10.2. The van der Waals surface area contributed by atoms with Gasteiger partial charge in [0.1, 0.15) is 23.0 Å². The van der Waals surface area contributed by atoms with Crippen LogP contribution in [0, 0.1) is 5.82 Å². The number of anilines is 1. The van der Waals surface area contributed by atoms with Gasteiger partial charge in [-0.2, -0.15) is 0 Å². The van der Waals surface area contributed by atoms with Gasteiger partial charge in [-0.25, -0.2) is 14.4 Å². The van der Waals surface area contributed by atoms with Crippen molar-refractivity contribution in [1.82, 2.24) is 15.3 Å². The summed E-state index contributed by atoms with van der Waals surface area (Å²) >= 11 is 5.87. The molecule has 0 aliphatic heterocycles. The van der Waals surface area contributed by atoms with E-state index in [0.717, 1.165) is 0 Å². The minimum atomic E-state index is -0.374. The van der Waals surface area contributed by atoms with Gasteiger partial charge in [-0.1, -0.05) is 11.6 Å². The Balaban J connectivity index is 1.77. The van der Waals surface area contributed by atoms with Crippen LogP contribution < -0.4 is 10.6 Å². The maximum Gasteiger partial charge on any atom is 0.251 e. The van der Waals surface area contributed by atoms with Crippen LogP contribution in [0.5, 0.6) is 0 Å². The summed E-state index contributed by atoms with van der Waals surface area (Å²) in [5.74, 6) is -0.125. The predicted octanol–water partition coefficient (Wildman–Crippen LogP) is 2.11. The average molecular weight is 295 g/mol. The number of amides is 1. The third kappa shape index (κ3) is 3.89. The van der Waals surface area contributed by atoms with Gasteiger partial charge in [-0.3, -0.25) is 4.79 Å². The van der Waals surface area contributed by atoms with Gasteiger partial charge in [-0.15, -0.1) is 0 Å². The molecule has 0 saturated heterocycles. The molecule has 0 bridgehead atoms. The number of carbonyl (C=O) groups excluding carboxylic acids is 1. The molecule has 1 heterocycles. The first-order chi connectivity index (χ1) is 9.66. The zero-order valence-corrected chi connectivity index (χ0v) is 11.2. The molecule has 104 valence electrons. The molecule has 0 aliphatic carbocycles. The van der Waals surface area contributed by atoms with E-state index in [1.54, 1.807) is 0 Å². The van der Waals surface area contributed by atoms with Crippen molar-refractivity contribution in [2.45, 2.75) is 0 Å². The van der Waals surface area contributed by atoms with Crippen LogP contribution in [0.1, 0.15) is 10.4 Å². The number of nitrogens with one attached hydrogen (secondary N) is 2. The van der Waals surface area contributed by atoms with Crippen molar-refractivity contribution in [3.63, 3.8) is 0 Å². The topological polar surface area (TPSA) is 66.9 Å². The molecule has 0 radical (unpaired) electrons. The van der Waals surface area contributed by atoms with Gasteiger partial charge in [0.2, 0.25) is 0 Å². The Kier molecular flexibility index (Phi) is 4.84. The summed E-state index contributed by atoms with van der Waals surface area (Å²) in [7, 11) is 0. The molecular weight excluding hydrogens is 283 g/mol. The van der Waals surface area contributed by atoms with E-state index < -0.39 is 0 Å². The fraction of sp³-hybridized carbons (Fsp3) is 0.154. The summed E-state index contributed by atoms with van der Waals surface area (Å²) in [6, 6.07) is 5.35. The fourth-order valence-corrected chi connectivity index (χ4v) is 1.67. The van der Waals surface area contributed by atoms with Crippen LogP contribution in [0.3, 0.4) is 0 Å². The zero-order valence-electron chi connectivity index (χ0n) is 10.4. The molecule has 0 unspecified atom stereocenters. The number of hydrogen-bond donors (Lipinski definition) is 2. The third-order valence-corrected chi connectivity index (χ3v) is 2.75. The highest BCUT2D eigenvalue weighted by Gasteiger charge is 2.05. The van der Waals surface area contributed by atoms with E-state index in [9.17, 15) is 9.18 Å². The molecule has 1 aromatic heterocycles. The van der Waals surface area contributed by atoms with E-state index in [2.05, 4.69) is 20.6 Å². The summed E-state index contributed by atoms with van der Waals surface area (Å²) in [4.78, 5) is 19.4. The molecule has 1 amide bonds. The molecule has 0 aliphatic rings. The Morgan fingerprint density at radius 2 is 2.00 bits per heavy atom. The second kappa shape index (κ2) is 6.81. The monoisotopic (exact) mass is 294 g/mol. The molecule has 1 aromatic carbocycles. The summed E-state index contributed by atoms with van der Waals surface area (Å²) in [5, 5.41) is 6.08. The minimum absolute atomic E-state index is 0.263. The molecule has 0 fully saturated rings. The van der Waals surface area contributed by atoms with Crippen molar-refractivity contribution >= 4 is 23.3 Å². The first-order valence-electron chi connectivity index (χ1n) is 5.90. The van der Waals surface area contributed by atoms with E-state index in [1.807, 2.05) is 0 Å². The quantitative estimate of drug-likeness (QED) is 0.829. The molecule has 2 aromatic rings. The van der Waals surface area contributed by atoms with Crippen LogP contribution in [0.2, 0.25) is 5.02 Å². The van der Waals surface area contributed by atoms with Gasteiger partial charge in [0.05, 0.1) is 6.20 Å². The smallest absolute Gasteiger partial charge is 0.251 e. The first-order valence-corrected chi connectivity index (χ1v) is 6.28. The van der Waals surface area contributed by atoms with Crippen LogP contribution in [0.4, 0.5) is 10.2 Å². The summed E-state index contributed by atoms with van der Waals surface area (Å²) in [5.41, 5.74) is 0.409. The van der Waals surface area contributed by atoms with Crippen LogP contribution in [-0.2, 0) is 0 Å². The highest BCUT2D eigenvalue weighted by molar-refractivity contribution is 6.32. The number of benzene rings is 1. The normalized spacial score (nSPS) is 10.1. The molecular formula is C13H12ClFN4O. The minimum Gasteiger partial charge on any atom is -0.367 e. The van der Waals surface area contributed by atoms with Crippen molar-refractivity contribution in [2.75, 3.05) is 18.4 Å². The summed E-state index contributed by atoms with van der Waals surface area (Å²) in [6.07, 6.45) is 2.86. The predicted molar refractivity (Wildman–Crippen MR) is 74.3 cm³/mol. The summed E-state index contributed by atoms with van der Waals surface area (Å²) in [6.45, 7) is 0.847. The Bertz CT molecular complexity index is 591. The van der Waals surface area contributed by atoms with Crippen molar-refractivity contribution in [3.8, 4) is 0 Å². The lowest BCUT2D eigenvalue weighted by molar-refractivity contribution is 0.0955. The Labute approximate surface area is 120 Å². The number of carbonyl (C=O) groups is 1.